The van der Waals surface area contributed by atoms with Gasteiger partial charge in [0.2, 0.25) is 0 Å². The minimum absolute atomic E-state index is 0.499. The number of fused-ring (bicyclic) bond motifs is 7. The van der Waals surface area contributed by atoms with Gasteiger partial charge in [-0.05, 0) is 125 Å². The molecule has 0 saturated carbocycles. The molecule has 6 nitrogen and oxygen atoms in total. The van der Waals surface area contributed by atoms with Gasteiger partial charge in [-0.25, -0.2) is 4.85 Å². The van der Waals surface area contributed by atoms with Crippen LogP contribution in [0.1, 0.15) is 5.56 Å². The molecule has 3 heterocycles. The maximum absolute atomic E-state index is 10.5. The molecule has 0 saturated heterocycles. The summed E-state index contributed by atoms with van der Waals surface area (Å²) in [7, 11) is 0. The molecule has 11 rings (SSSR count). The van der Waals surface area contributed by atoms with Crippen LogP contribution in [0.5, 0.6) is 11.5 Å². The van der Waals surface area contributed by atoms with Crippen LogP contribution in [0.25, 0.3) is 54.6 Å². The molecular weight excluding hydrogens is 687 g/mol. The molecule has 2 aliphatic rings. The molecule has 9 aromatic rings. The molecule has 260 valence electrons. The number of para-hydroxylation sites is 8. The van der Waals surface area contributed by atoms with Crippen molar-refractivity contribution >= 4 is 61.6 Å². The summed E-state index contributed by atoms with van der Waals surface area (Å²) in [6.07, 6.45) is 0. The second kappa shape index (κ2) is 12.2. The number of nitriles is 1. The number of benzene rings is 8. The van der Waals surface area contributed by atoms with Gasteiger partial charge >= 0.3 is 0 Å². The monoisotopic (exact) mass is 715 g/mol. The maximum Gasteiger partial charge on any atom is 0.189 e. The molecule has 0 bridgehead atoms. The fraction of sp³-hybridized carbons (Fsp3) is 0. The highest BCUT2D eigenvalue weighted by Crippen LogP contribution is 2.53. The molecule has 0 unspecified atom stereocenters. The van der Waals surface area contributed by atoms with Crippen molar-refractivity contribution in [2.45, 2.75) is 0 Å². The third-order valence-corrected chi connectivity index (χ3v) is 10.8. The fourth-order valence-corrected chi connectivity index (χ4v) is 8.45. The average molecular weight is 716 g/mol. The summed E-state index contributed by atoms with van der Waals surface area (Å²) in [5, 5.41) is 12.7. The highest BCUT2D eigenvalue weighted by molar-refractivity contribution is 6.18. The highest BCUT2D eigenvalue weighted by atomic mass is 16.5. The number of hydrogen-bond donors (Lipinski definition) is 0. The number of aromatic nitrogens is 1. The smallest absolute Gasteiger partial charge is 0.189 e. The third-order valence-electron chi connectivity index (χ3n) is 10.8. The van der Waals surface area contributed by atoms with Crippen LogP contribution in [0.3, 0.4) is 0 Å². The number of nitrogens with zero attached hydrogens (tertiary/aromatic N) is 5. The van der Waals surface area contributed by atoms with E-state index in [1.54, 1.807) is 0 Å². The lowest BCUT2D eigenvalue weighted by Gasteiger charge is -2.33. The Bertz CT molecular complexity index is 3120. The molecule has 0 spiro atoms. The van der Waals surface area contributed by atoms with Gasteiger partial charge < -0.3 is 19.1 Å². The molecule has 0 aliphatic carbocycles. The van der Waals surface area contributed by atoms with Gasteiger partial charge in [0, 0.05) is 22.1 Å². The topological polar surface area (TPSA) is 48.8 Å². The van der Waals surface area contributed by atoms with E-state index in [1.807, 2.05) is 78.9 Å². The lowest BCUT2D eigenvalue weighted by molar-refractivity contribution is 0.477. The lowest BCUT2D eigenvalue weighted by Crippen LogP contribution is -2.18. The maximum atomic E-state index is 10.5. The second-order valence-corrected chi connectivity index (χ2v) is 14.0. The molecule has 0 N–H and O–H groups in total. The van der Waals surface area contributed by atoms with Gasteiger partial charge in [-0.2, -0.15) is 5.26 Å². The Hall–Kier alpha value is -8.06. The van der Waals surface area contributed by atoms with E-state index in [0.29, 0.717) is 11.3 Å². The largest absolute Gasteiger partial charge is 0.453 e. The van der Waals surface area contributed by atoms with Crippen LogP contribution >= 0.6 is 0 Å². The first-order valence-electron chi connectivity index (χ1n) is 18.4. The number of rotatable bonds is 4. The van der Waals surface area contributed by atoms with Crippen molar-refractivity contribution < 1.29 is 4.74 Å². The van der Waals surface area contributed by atoms with Crippen LogP contribution in [0, 0.1) is 17.9 Å². The summed E-state index contributed by atoms with van der Waals surface area (Å²) >= 11 is 0. The molecular formula is C50H29N5O. The van der Waals surface area contributed by atoms with E-state index in [2.05, 4.69) is 122 Å². The Labute approximate surface area is 323 Å². The molecule has 2 aliphatic heterocycles. The van der Waals surface area contributed by atoms with Crippen LogP contribution < -0.4 is 14.5 Å². The molecule has 0 radical (unpaired) electrons. The zero-order chi connectivity index (χ0) is 37.3. The van der Waals surface area contributed by atoms with Crippen molar-refractivity contribution in [2.24, 2.45) is 0 Å². The zero-order valence-corrected chi connectivity index (χ0v) is 29.9. The van der Waals surface area contributed by atoms with Gasteiger partial charge in [-0.1, -0.05) is 72.8 Å². The Morgan fingerprint density at radius 2 is 1.07 bits per heavy atom. The van der Waals surface area contributed by atoms with Crippen molar-refractivity contribution in [3.8, 4) is 45.5 Å². The summed E-state index contributed by atoms with van der Waals surface area (Å²) in [4.78, 5) is 8.41. The van der Waals surface area contributed by atoms with Gasteiger partial charge in [0.05, 0.1) is 57.7 Å². The van der Waals surface area contributed by atoms with Crippen LogP contribution in [0.4, 0.5) is 39.8 Å². The van der Waals surface area contributed by atoms with Crippen molar-refractivity contribution in [1.82, 2.24) is 4.57 Å². The van der Waals surface area contributed by atoms with E-state index in [4.69, 9.17) is 11.3 Å². The molecule has 6 heteroatoms. The SMILES string of the molecule is [C-]#[N+]c1cc(-c2cc(C#N)cc(-c3cc4c5c(c3)c3ccccc3n5-c3ccccc3N4c3ccccc3)c2)cc(N2c3ccccc3Oc3ccccc32)c1. The average Bonchev–Trinajstić information content (AvgIpc) is 3.60. The Morgan fingerprint density at radius 1 is 0.482 bits per heavy atom. The summed E-state index contributed by atoms with van der Waals surface area (Å²) < 4.78 is 8.67. The standard InChI is InChI=1S/C50H29N5O/c1-52-37-26-35(27-39(30-37)54-45-19-9-11-21-48(45)56-49-22-12-10-20-46(49)54)33-23-32(31-51)24-34(25-33)36-28-41-40-15-5-6-16-42(40)55-44-18-8-7-17-43(44)53(47(29-36)50(41)55)38-13-3-2-4-14-38/h2-30H. The van der Waals surface area contributed by atoms with Crippen LogP contribution in [0.15, 0.2) is 176 Å². The summed E-state index contributed by atoms with van der Waals surface area (Å²) in [6.45, 7) is 8.12. The van der Waals surface area contributed by atoms with E-state index in [1.165, 1.54) is 0 Å². The molecule has 0 atom stereocenters. The van der Waals surface area contributed by atoms with Gasteiger partial charge in [0.25, 0.3) is 0 Å². The summed E-state index contributed by atoms with van der Waals surface area (Å²) in [5.74, 6) is 1.48. The molecule has 56 heavy (non-hydrogen) atoms. The number of hydrogen-bond acceptors (Lipinski definition) is 4. The minimum atomic E-state index is 0.499. The lowest BCUT2D eigenvalue weighted by atomic mass is 9.94. The Kier molecular flexibility index (Phi) is 6.88. The minimum Gasteiger partial charge on any atom is -0.453 e. The van der Waals surface area contributed by atoms with E-state index >= 15 is 0 Å². The normalized spacial score (nSPS) is 12.3. The molecule has 0 amide bonds. The number of anilines is 6. The predicted molar refractivity (Wildman–Crippen MR) is 226 cm³/mol. The molecule has 0 fully saturated rings. The molecule has 8 aromatic carbocycles. The first-order chi connectivity index (χ1) is 27.7. The predicted octanol–water partition coefficient (Wildman–Crippen LogP) is 13.9. The van der Waals surface area contributed by atoms with Gasteiger partial charge in [-0.3, -0.25) is 0 Å². The Morgan fingerprint density at radius 3 is 1.79 bits per heavy atom. The summed E-state index contributed by atoms with van der Waals surface area (Å²) in [6, 6.07) is 62.4. The van der Waals surface area contributed by atoms with Crippen molar-refractivity contribution in [3.63, 3.8) is 0 Å². The van der Waals surface area contributed by atoms with Gasteiger partial charge in [0.15, 0.2) is 17.2 Å². The molecule has 1 aromatic heterocycles. The fourth-order valence-electron chi connectivity index (χ4n) is 8.45. The third kappa shape index (κ3) is 4.74. The van der Waals surface area contributed by atoms with Crippen molar-refractivity contribution in [2.75, 3.05) is 9.80 Å². The van der Waals surface area contributed by atoms with Crippen LogP contribution in [-0.4, -0.2) is 4.57 Å². The second-order valence-electron chi connectivity index (χ2n) is 14.0. The first kappa shape index (κ1) is 31.5. The van der Waals surface area contributed by atoms with Crippen LogP contribution in [-0.2, 0) is 0 Å². The number of ether oxygens (including phenoxy) is 1. The van der Waals surface area contributed by atoms with Crippen LogP contribution in [0.2, 0.25) is 0 Å². The van der Waals surface area contributed by atoms with Crippen molar-refractivity contribution in [1.29, 1.82) is 5.26 Å². The quantitative estimate of drug-likeness (QED) is 0.170. The Balaban J connectivity index is 1.13. The van der Waals surface area contributed by atoms with E-state index in [0.717, 1.165) is 95.4 Å². The van der Waals surface area contributed by atoms with E-state index in [-0.39, 0.29) is 0 Å². The van der Waals surface area contributed by atoms with E-state index in [9.17, 15) is 5.26 Å². The highest BCUT2D eigenvalue weighted by Gasteiger charge is 2.30. The van der Waals surface area contributed by atoms with Crippen molar-refractivity contribution in [3.05, 3.63) is 193 Å². The summed E-state index contributed by atoms with van der Waals surface area (Å²) in [5.41, 5.74) is 13.8. The van der Waals surface area contributed by atoms with Gasteiger partial charge in [0.1, 0.15) is 0 Å². The van der Waals surface area contributed by atoms with E-state index < -0.39 is 0 Å². The van der Waals surface area contributed by atoms with Gasteiger partial charge in [-0.15, -0.1) is 0 Å². The zero-order valence-electron chi connectivity index (χ0n) is 29.9. The first-order valence-corrected chi connectivity index (χ1v) is 18.4.